The summed E-state index contributed by atoms with van der Waals surface area (Å²) in [6.45, 7) is 0.430. The van der Waals surface area contributed by atoms with Gasteiger partial charge in [0, 0.05) is 25.6 Å². The standard InChI is InChI=1S/C13H18FNO3S/c1-15(7-11(16)8-18-2)13(17)9-19-12-5-3-10(14)4-6-12/h3-6,11,16H,7-9H2,1-2H3. The Morgan fingerprint density at radius 3 is 2.68 bits per heavy atom. The van der Waals surface area contributed by atoms with Crippen molar-refractivity contribution in [3.8, 4) is 0 Å². The fourth-order valence-corrected chi connectivity index (χ4v) is 2.29. The molecule has 0 fully saturated rings. The van der Waals surface area contributed by atoms with E-state index in [-0.39, 0.29) is 30.6 Å². The molecule has 6 heteroatoms. The average molecular weight is 287 g/mol. The number of hydrogen-bond donors (Lipinski definition) is 1. The zero-order chi connectivity index (χ0) is 14.3. The quantitative estimate of drug-likeness (QED) is 0.770. The van der Waals surface area contributed by atoms with E-state index in [2.05, 4.69) is 0 Å². The fraction of sp³-hybridized carbons (Fsp3) is 0.462. The number of hydrogen-bond acceptors (Lipinski definition) is 4. The zero-order valence-electron chi connectivity index (χ0n) is 11.0. The third-order valence-electron chi connectivity index (χ3n) is 2.45. The van der Waals surface area contributed by atoms with E-state index >= 15 is 0 Å². The summed E-state index contributed by atoms with van der Waals surface area (Å²) < 4.78 is 17.5. The van der Waals surface area contributed by atoms with Gasteiger partial charge in [0.15, 0.2) is 0 Å². The molecule has 4 nitrogen and oxygen atoms in total. The first-order valence-corrected chi connectivity index (χ1v) is 6.81. The lowest BCUT2D eigenvalue weighted by Crippen LogP contribution is -2.37. The Hall–Kier alpha value is -1.11. The van der Waals surface area contributed by atoms with Crippen molar-refractivity contribution >= 4 is 17.7 Å². The summed E-state index contributed by atoms with van der Waals surface area (Å²) >= 11 is 1.34. The minimum absolute atomic E-state index is 0.0931. The molecule has 1 amide bonds. The molecule has 1 N–H and O–H groups in total. The van der Waals surface area contributed by atoms with Crippen LogP contribution in [-0.2, 0) is 9.53 Å². The molecule has 106 valence electrons. The Bertz CT molecular complexity index is 399. The van der Waals surface area contributed by atoms with Crippen LogP contribution in [0.2, 0.25) is 0 Å². The molecule has 19 heavy (non-hydrogen) atoms. The van der Waals surface area contributed by atoms with Gasteiger partial charge in [0.05, 0.1) is 18.5 Å². The Morgan fingerprint density at radius 2 is 2.11 bits per heavy atom. The van der Waals surface area contributed by atoms with E-state index in [0.717, 1.165) is 4.90 Å². The van der Waals surface area contributed by atoms with Crippen LogP contribution in [0.3, 0.4) is 0 Å². The van der Waals surface area contributed by atoms with Crippen LogP contribution in [0.1, 0.15) is 0 Å². The van der Waals surface area contributed by atoms with Gasteiger partial charge in [-0.05, 0) is 24.3 Å². The summed E-state index contributed by atoms with van der Waals surface area (Å²) in [6, 6.07) is 5.98. The van der Waals surface area contributed by atoms with Gasteiger partial charge in [-0.25, -0.2) is 4.39 Å². The largest absolute Gasteiger partial charge is 0.389 e. The monoisotopic (exact) mass is 287 g/mol. The van der Waals surface area contributed by atoms with Crippen molar-refractivity contribution in [3.05, 3.63) is 30.1 Å². The molecular formula is C13H18FNO3S. The van der Waals surface area contributed by atoms with E-state index in [9.17, 15) is 14.3 Å². The molecule has 0 aromatic heterocycles. The van der Waals surface area contributed by atoms with Crippen LogP contribution in [0.4, 0.5) is 4.39 Å². The van der Waals surface area contributed by atoms with Gasteiger partial charge < -0.3 is 14.7 Å². The van der Waals surface area contributed by atoms with Crippen molar-refractivity contribution in [2.45, 2.75) is 11.0 Å². The fourth-order valence-electron chi connectivity index (χ4n) is 1.45. The van der Waals surface area contributed by atoms with Crippen LogP contribution in [0.5, 0.6) is 0 Å². The maximum Gasteiger partial charge on any atom is 0.232 e. The third-order valence-corrected chi connectivity index (χ3v) is 3.44. The van der Waals surface area contributed by atoms with Crippen molar-refractivity contribution in [1.29, 1.82) is 0 Å². The van der Waals surface area contributed by atoms with E-state index in [1.165, 1.54) is 35.9 Å². The Balaban J connectivity index is 2.36. The summed E-state index contributed by atoms with van der Waals surface area (Å²) in [4.78, 5) is 14.1. The Kier molecular flexibility index (Phi) is 6.83. The van der Waals surface area contributed by atoms with E-state index in [1.54, 1.807) is 19.2 Å². The van der Waals surface area contributed by atoms with Crippen LogP contribution >= 0.6 is 11.8 Å². The average Bonchev–Trinajstić information content (AvgIpc) is 2.37. The molecule has 0 spiro atoms. The zero-order valence-corrected chi connectivity index (χ0v) is 11.8. The number of likely N-dealkylation sites (N-methyl/N-ethyl adjacent to an activating group) is 1. The number of methoxy groups -OCH3 is 1. The predicted octanol–water partition coefficient (Wildman–Crippen LogP) is 1.38. The number of amides is 1. The van der Waals surface area contributed by atoms with Crippen LogP contribution in [0.15, 0.2) is 29.2 Å². The lowest BCUT2D eigenvalue weighted by Gasteiger charge is -2.20. The molecule has 1 unspecified atom stereocenters. The molecule has 1 aromatic carbocycles. The number of rotatable bonds is 7. The lowest BCUT2D eigenvalue weighted by molar-refractivity contribution is -0.128. The maximum absolute atomic E-state index is 12.7. The summed E-state index contributed by atoms with van der Waals surface area (Å²) in [6.07, 6.45) is -0.685. The summed E-state index contributed by atoms with van der Waals surface area (Å²) in [5.41, 5.74) is 0. The van der Waals surface area contributed by atoms with E-state index < -0.39 is 6.10 Å². The van der Waals surface area contributed by atoms with Crippen molar-refractivity contribution < 1.29 is 19.0 Å². The van der Waals surface area contributed by atoms with Crippen molar-refractivity contribution in [2.24, 2.45) is 0 Å². The molecule has 0 radical (unpaired) electrons. The summed E-state index contributed by atoms with van der Waals surface area (Å²) in [7, 11) is 3.13. The third kappa shape index (κ3) is 6.04. The highest BCUT2D eigenvalue weighted by Crippen LogP contribution is 2.18. The summed E-state index contributed by atoms with van der Waals surface area (Å²) in [5, 5.41) is 9.52. The highest BCUT2D eigenvalue weighted by atomic mass is 32.2. The lowest BCUT2D eigenvalue weighted by atomic mass is 10.3. The molecule has 1 atom stereocenters. The predicted molar refractivity (Wildman–Crippen MR) is 72.6 cm³/mol. The van der Waals surface area contributed by atoms with Gasteiger partial charge in [-0.3, -0.25) is 4.79 Å². The molecule has 0 aliphatic heterocycles. The molecule has 1 aromatic rings. The number of aliphatic hydroxyl groups is 1. The number of benzene rings is 1. The second-order valence-corrected chi connectivity index (χ2v) is 5.17. The molecule has 0 heterocycles. The first kappa shape index (κ1) is 15.9. The van der Waals surface area contributed by atoms with Gasteiger partial charge in [0.25, 0.3) is 0 Å². The SMILES string of the molecule is COCC(O)CN(C)C(=O)CSc1ccc(F)cc1. The first-order chi connectivity index (χ1) is 9.02. The molecule has 0 saturated carbocycles. The molecule has 1 rings (SSSR count). The highest BCUT2D eigenvalue weighted by Gasteiger charge is 2.13. The minimum atomic E-state index is -0.685. The van der Waals surface area contributed by atoms with Gasteiger partial charge in [0.1, 0.15) is 5.82 Å². The second-order valence-electron chi connectivity index (χ2n) is 4.13. The van der Waals surface area contributed by atoms with Crippen molar-refractivity contribution in [1.82, 2.24) is 4.90 Å². The number of nitrogens with zero attached hydrogens (tertiary/aromatic N) is 1. The van der Waals surface area contributed by atoms with Crippen molar-refractivity contribution in [2.75, 3.05) is 33.1 Å². The first-order valence-electron chi connectivity index (χ1n) is 5.82. The van der Waals surface area contributed by atoms with Crippen LogP contribution in [0, 0.1) is 5.82 Å². The normalized spacial score (nSPS) is 12.2. The second kappa shape index (κ2) is 8.14. The minimum Gasteiger partial charge on any atom is -0.389 e. The van der Waals surface area contributed by atoms with Gasteiger partial charge >= 0.3 is 0 Å². The molecule has 0 saturated heterocycles. The molecular weight excluding hydrogens is 269 g/mol. The Labute approximate surface area is 116 Å². The van der Waals surface area contributed by atoms with Gasteiger partial charge in [-0.2, -0.15) is 0 Å². The smallest absolute Gasteiger partial charge is 0.232 e. The van der Waals surface area contributed by atoms with Gasteiger partial charge in [-0.1, -0.05) is 0 Å². The van der Waals surface area contributed by atoms with Gasteiger partial charge in [0.2, 0.25) is 5.91 Å². The molecule has 0 aliphatic carbocycles. The number of halogens is 1. The number of thioether (sulfide) groups is 1. The topological polar surface area (TPSA) is 49.8 Å². The number of carbonyl (C=O) groups is 1. The van der Waals surface area contributed by atoms with Crippen LogP contribution < -0.4 is 0 Å². The maximum atomic E-state index is 12.7. The number of aliphatic hydroxyl groups excluding tert-OH is 1. The van der Waals surface area contributed by atoms with E-state index in [1.807, 2.05) is 0 Å². The number of ether oxygens (including phenoxy) is 1. The Morgan fingerprint density at radius 1 is 1.47 bits per heavy atom. The van der Waals surface area contributed by atoms with E-state index in [4.69, 9.17) is 4.74 Å². The highest BCUT2D eigenvalue weighted by molar-refractivity contribution is 8.00. The molecule has 0 aliphatic rings. The van der Waals surface area contributed by atoms with Crippen LogP contribution in [-0.4, -0.2) is 55.1 Å². The summed E-state index contributed by atoms with van der Waals surface area (Å²) in [5.74, 6) is -0.137. The van der Waals surface area contributed by atoms with E-state index in [0.29, 0.717) is 0 Å². The van der Waals surface area contributed by atoms with Crippen molar-refractivity contribution in [3.63, 3.8) is 0 Å². The molecule has 0 bridgehead atoms. The van der Waals surface area contributed by atoms with Gasteiger partial charge in [-0.15, -0.1) is 11.8 Å². The van der Waals surface area contributed by atoms with Crippen LogP contribution in [0.25, 0.3) is 0 Å². The number of carbonyl (C=O) groups excluding carboxylic acids is 1.